The fourth-order valence-corrected chi connectivity index (χ4v) is 3.64. The molecular weight excluding hydrogens is 392 g/mol. The van der Waals surface area contributed by atoms with E-state index in [2.05, 4.69) is 24.1 Å². The molecule has 0 saturated heterocycles. The van der Waals surface area contributed by atoms with Gasteiger partial charge in [0.25, 0.3) is 0 Å². The van der Waals surface area contributed by atoms with Crippen LogP contribution in [0.15, 0.2) is 41.7 Å². The molecule has 2 aromatic rings. The lowest BCUT2D eigenvalue weighted by Crippen LogP contribution is -2.30. The van der Waals surface area contributed by atoms with Crippen molar-refractivity contribution in [1.29, 1.82) is 5.26 Å². The zero-order chi connectivity index (χ0) is 23.1. The number of fused-ring (bicyclic) bond motifs is 1. The first-order valence-corrected chi connectivity index (χ1v) is 10.2. The van der Waals surface area contributed by atoms with Crippen molar-refractivity contribution in [2.75, 3.05) is 19.0 Å². The number of aryl methyl sites for hydroxylation is 1. The first-order valence-electron chi connectivity index (χ1n) is 10.2. The average Bonchev–Trinajstić information content (AvgIpc) is 2.75. The van der Waals surface area contributed by atoms with Crippen LogP contribution in [0.25, 0.3) is 0 Å². The van der Waals surface area contributed by atoms with Crippen LogP contribution in [0, 0.1) is 24.2 Å². The molecule has 164 valence electrons. The minimum Gasteiger partial charge on any atom is -0.497 e. The summed E-state index contributed by atoms with van der Waals surface area (Å²) in [4.78, 5) is 16.3. The quantitative estimate of drug-likeness (QED) is 0.744. The second kappa shape index (κ2) is 10.5. The van der Waals surface area contributed by atoms with Gasteiger partial charge in [-0.2, -0.15) is 5.26 Å². The number of anilines is 1. The number of rotatable bonds is 5. The van der Waals surface area contributed by atoms with E-state index >= 15 is 0 Å². The van der Waals surface area contributed by atoms with E-state index in [9.17, 15) is 4.79 Å². The average molecular weight is 423 g/mol. The Hall–Kier alpha value is -3.53. The number of ether oxygens (including phenoxy) is 2. The van der Waals surface area contributed by atoms with Gasteiger partial charge in [-0.1, -0.05) is 19.9 Å². The second-order valence-electron chi connectivity index (χ2n) is 7.56. The number of allylic oxidation sites excluding steroid dienone is 1. The summed E-state index contributed by atoms with van der Waals surface area (Å²) in [6.07, 6.45) is 1.79. The third-order valence-electron chi connectivity index (χ3n) is 5.02. The number of pyridine rings is 1. The molecule has 0 spiro atoms. The molecule has 1 aliphatic rings. The van der Waals surface area contributed by atoms with Crippen LogP contribution >= 0.6 is 0 Å². The van der Waals surface area contributed by atoms with Crippen LogP contribution in [0.2, 0.25) is 0 Å². The van der Waals surface area contributed by atoms with Gasteiger partial charge in [-0.05, 0) is 50.5 Å². The van der Waals surface area contributed by atoms with Crippen molar-refractivity contribution >= 4 is 11.6 Å². The summed E-state index contributed by atoms with van der Waals surface area (Å²) in [6, 6.07) is 9.05. The van der Waals surface area contributed by atoms with E-state index < -0.39 is 5.91 Å². The number of hydrogen-bond acceptors (Lipinski definition) is 6. The Balaban J connectivity index is 0.000000285. The standard InChI is InChI=1S/C16H23N3O2.C8H7NO/c1-6-21-16-13-11(8(2)3)12(15(17)20)10(5)19-14(13)9(4)7-18-16;1-10-8-4-2-3-7(5-8)6-9/h7-8,11,19H,6H2,1-5H3,(H2,17,20);2-5H,1H3. The van der Waals surface area contributed by atoms with Crippen molar-refractivity contribution in [2.45, 2.75) is 40.5 Å². The summed E-state index contributed by atoms with van der Waals surface area (Å²) in [6.45, 7) is 10.5. The van der Waals surface area contributed by atoms with Crippen LogP contribution in [-0.4, -0.2) is 24.6 Å². The number of nitrogens with one attached hydrogen (secondary N) is 1. The van der Waals surface area contributed by atoms with Crippen LogP contribution in [-0.2, 0) is 4.79 Å². The lowest BCUT2D eigenvalue weighted by atomic mass is 9.78. The van der Waals surface area contributed by atoms with Gasteiger partial charge >= 0.3 is 0 Å². The fourth-order valence-electron chi connectivity index (χ4n) is 3.64. The van der Waals surface area contributed by atoms with Crippen LogP contribution in [0.1, 0.15) is 50.3 Å². The number of nitriles is 1. The summed E-state index contributed by atoms with van der Waals surface area (Å²) in [5, 5.41) is 11.8. The van der Waals surface area contributed by atoms with Crippen LogP contribution in [0.4, 0.5) is 5.69 Å². The largest absolute Gasteiger partial charge is 0.497 e. The van der Waals surface area contributed by atoms with E-state index in [1.54, 1.807) is 37.6 Å². The highest BCUT2D eigenvalue weighted by atomic mass is 16.5. The predicted octanol–water partition coefficient (Wildman–Crippen LogP) is 4.28. The van der Waals surface area contributed by atoms with Crippen molar-refractivity contribution in [3.05, 3.63) is 58.4 Å². The predicted molar refractivity (Wildman–Crippen MR) is 121 cm³/mol. The molecule has 31 heavy (non-hydrogen) atoms. The van der Waals surface area contributed by atoms with E-state index in [0.717, 1.165) is 28.3 Å². The number of aromatic nitrogens is 1. The molecule has 7 heteroatoms. The van der Waals surface area contributed by atoms with Gasteiger partial charge in [0.1, 0.15) is 5.75 Å². The number of amides is 1. The lowest BCUT2D eigenvalue weighted by Gasteiger charge is -2.33. The summed E-state index contributed by atoms with van der Waals surface area (Å²) < 4.78 is 10.6. The molecule has 3 N–H and O–H groups in total. The first-order chi connectivity index (χ1) is 14.7. The molecular formula is C24H30N4O3. The third-order valence-corrected chi connectivity index (χ3v) is 5.02. The number of benzene rings is 1. The van der Waals surface area contributed by atoms with Gasteiger partial charge in [-0.15, -0.1) is 0 Å². The normalized spacial score (nSPS) is 14.6. The van der Waals surface area contributed by atoms with Gasteiger partial charge in [0.15, 0.2) is 0 Å². The van der Waals surface area contributed by atoms with Crippen molar-refractivity contribution in [1.82, 2.24) is 4.98 Å². The summed E-state index contributed by atoms with van der Waals surface area (Å²) >= 11 is 0. The second-order valence-corrected chi connectivity index (χ2v) is 7.56. The van der Waals surface area contributed by atoms with Gasteiger partial charge < -0.3 is 20.5 Å². The maximum Gasteiger partial charge on any atom is 0.247 e. The third kappa shape index (κ3) is 5.34. The van der Waals surface area contributed by atoms with E-state index in [1.807, 2.05) is 26.8 Å². The van der Waals surface area contributed by atoms with Crippen LogP contribution in [0.3, 0.4) is 0 Å². The fraction of sp³-hybridized carbons (Fsp3) is 0.375. The molecule has 1 aromatic carbocycles. The minimum atomic E-state index is -0.395. The van der Waals surface area contributed by atoms with E-state index in [1.165, 1.54) is 0 Å². The topological polar surface area (TPSA) is 110 Å². The summed E-state index contributed by atoms with van der Waals surface area (Å²) in [7, 11) is 1.58. The monoisotopic (exact) mass is 422 g/mol. The Labute approximate surface area is 183 Å². The SMILES string of the molecule is CCOc1ncc(C)c2c1C(C(C)C)C(C(N)=O)=C(C)N2.COc1cccc(C#N)c1. The number of nitrogens with zero attached hydrogens (tertiary/aromatic N) is 2. The highest BCUT2D eigenvalue weighted by molar-refractivity contribution is 5.97. The minimum absolute atomic E-state index is 0.104. The van der Waals surface area contributed by atoms with Crippen molar-refractivity contribution in [3.63, 3.8) is 0 Å². The van der Waals surface area contributed by atoms with Crippen LogP contribution in [0.5, 0.6) is 11.6 Å². The molecule has 3 rings (SSSR count). The maximum atomic E-state index is 11.9. The van der Waals surface area contributed by atoms with Crippen molar-refractivity contribution in [2.24, 2.45) is 11.7 Å². The molecule has 1 aromatic heterocycles. The Morgan fingerprint density at radius 2 is 2.06 bits per heavy atom. The number of primary amides is 1. The van der Waals surface area contributed by atoms with Gasteiger partial charge in [0.2, 0.25) is 11.8 Å². The molecule has 1 aliphatic heterocycles. The number of hydrogen-bond donors (Lipinski definition) is 2. The van der Waals surface area contributed by atoms with Crippen molar-refractivity contribution < 1.29 is 14.3 Å². The van der Waals surface area contributed by atoms with Gasteiger partial charge in [0.05, 0.1) is 31.0 Å². The zero-order valence-electron chi connectivity index (χ0n) is 18.9. The molecule has 0 saturated carbocycles. The lowest BCUT2D eigenvalue weighted by molar-refractivity contribution is -0.115. The van der Waals surface area contributed by atoms with Crippen molar-refractivity contribution in [3.8, 4) is 17.7 Å². The number of carbonyl (C=O) groups is 1. The number of methoxy groups -OCH3 is 1. The van der Waals surface area contributed by atoms with Gasteiger partial charge in [0, 0.05) is 28.9 Å². The smallest absolute Gasteiger partial charge is 0.247 e. The zero-order valence-corrected chi connectivity index (χ0v) is 18.9. The number of carbonyl (C=O) groups excluding carboxylic acids is 1. The number of nitrogens with two attached hydrogens (primary N) is 1. The first kappa shape index (κ1) is 23.7. The van der Waals surface area contributed by atoms with E-state index in [-0.39, 0.29) is 11.8 Å². The molecule has 0 aliphatic carbocycles. The molecule has 1 unspecified atom stereocenters. The van der Waals surface area contributed by atoms with Gasteiger partial charge in [-0.3, -0.25) is 4.79 Å². The Morgan fingerprint density at radius 1 is 1.35 bits per heavy atom. The van der Waals surface area contributed by atoms with Gasteiger partial charge in [-0.25, -0.2) is 4.98 Å². The molecule has 7 nitrogen and oxygen atoms in total. The Morgan fingerprint density at radius 3 is 2.61 bits per heavy atom. The maximum absolute atomic E-state index is 11.9. The molecule has 0 fully saturated rings. The molecule has 0 bridgehead atoms. The highest BCUT2D eigenvalue weighted by Crippen LogP contribution is 2.46. The Bertz CT molecular complexity index is 1020. The molecule has 0 radical (unpaired) electrons. The molecule has 2 heterocycles. The highest BCUT2D eigenvalue weighted by Gasteiger charge is 2.35. The summed E-state index contributed by atoms with van der Waals surface area (Å²) in [5.41, 5.74) is 10.6. The van der Waals surface area contributed by atoms with E-state index in [0.29, 0.717) is 23.6 Å². The molecule has 1 amide bonds. The van der Waals surface area contributed by atoms with Crippen LogP contribution < -0.4 is 20.5 Å². The molecule has 1 atom stereocenters. The summed E-state index contributed by atoms with van der Waals surface area (Å²) in [5.74, 6) is 1.02. The Kier molecular flexibility index (Phi) is 8.03. The van der Waals surface area contributed by atoms with E-state index in [4.69, 9.17) is 20.5 Å².